The molecule has 1 aromatic carbocycles. The molecule has 0 heterocycles. The molecule has 1 aromatic rings. The van der Waals surface area contributed by atoms with Crippen LogP contribution in [0, 0.1) is 5.92 Å². The standard InChI is InChI=1S/C12H17NO3.ClH/c13-10(7-3-1-2-4-7)8-5-6-9(14)12(16)11(8)15;/h5-7,10,14-16H,1-4,13H2;1H/t10-;/m0./s1. The van der Waals surface area contributed by atoms with Gasteiger partial charge in [-0.1, -0.05) is 12.8 Å². The van der Waals surface area contributed by atoms with Crippen LogP contribution in [0.15, 0.2) is 12.1 Å². The fourth-order valence-electron chi connectivity index (χ4n) is 2.42. The zero-order valence-corrected chi connectivity index (χ0v) is 10.3. The summed E-state index contributed by atoms with van der Waals surface area (Å²) < 4.78 is 0. The Morgan fingerprint density at radius 1 is 1.06 bits per heavy atom. The second-order valence-electron chi connectivity index (χ2n) is 4.44. The summed E-state index contributed by atoms with van der Waals surface area (Å²) in [5.41, 5.74) is 6.58. The van der Waals surface area contributed by atoms with Gasteiger partial charge in [0.05, 0.1) is 0 Å². The van der Waals surface area contributed by atoms with E-state index in [0.717, 1.165) is 12.8 Å². The van der Waals surface area contributed by atoms with E-state index in [1.54, 1.807) is 6.07 Å². The van der Waals surface area contributed by atoms with Crippen molar-refractivity contribution in [2.45, 2.75) is 31.7 Å². The third kappa shape index (κ3) is 2.58. The van der Waals surface area contributed by atoms with Crippen LogP contribution in [0.3, 0.4) is 0 Å². The van der Waals surface area contributed by atoms with Crippen LogP contribution in [0.4, 0.5) is 0 Å². The molecule has 2 rings (SSSR count). The Hall–Kier alpha value is -1.13. The van der Waals surface area contributed by atoms with Gasteiger partial charge in [0.2, 0.25) is 5.75 Å². The first-order chi connectivity index (χ1) is 7.61. The monoisotopic (exact) mass is 259 g/mol. The summed E-state index contributed by atoms with van der Waals surface area (Å²) in [5, 5.41) is 28.4. The SMILES string of the molecule is Cl.N[C@H](c1ccc(O)c(O)c1O)C1CCCC1. The van der Waals surface area contributed by atoms with Crippen molar-refractivity contribution in [3.05, 3.63) is 17.7 Å². The largest absolute Gasteiger partial charge is 0.504 e. The molecule has 0 bridgehead atoms. The summed E-state index contributed by atoms with van der Waals surface area (Å²) in [6, 6.07) is 2.67. The fraction of sp³-hybridized carbons (Fsp3) is 0.500. The van der Waals surface area contributed by atoms with Gasteiger partial charge in [-0.15, -0.1) is 12.4 Å². The molecule has 0 radical (unpaired) electrons. The molecule has 0 aromatic heterocycles. The lowest BCUT2D eigenvalue weighted by Gasteiger charge is -2.20. The van der Waals surface area contributed by atoms with Crippen LogP contribution in [0.5, 0.6) is 17.2 Å². The van der Waals surface area contributed by atoms with Crippen LogP contribution in [0.2, 0.25) is 0 Å². The maximum atomic E-state index is 9.72. The minimum atomic E-state index is -0.481. The number of aromatic hydroxyl groups is 3. The quantitative estimate of drug-likeness (QED) is 0.615. The van der Waals surface area contributed by atoms with Crippen LogP contribution >= 0.6 is 12.4 Å². The lowest BCUT2D eigenvalue weighted by molar-refractivity contribution is 0.354. The van der Waals surface area contributed by atoms with Gasteiger partial charge in [0.25, 0.3) is 0 Å². The second-order valence-corrected chi connectivity index (χ2v) is 4.44. The van der Waals surface area contributed by atoms with Gasteiger partial charge in [0.15, 0.2) is 11.5 Å². The lowest BCUT2D eigenvalue weighted by Crippen LogP contribution is -2.19. The van der Waals surface area contributed by atoms with Crippen molar-refractivity contribution in [1.29, 1.82) is 0 Å². The predicted octanol–water partition coefficient (Wildman–Crippen LogP) is 2.42. The summed E-state index contributed by atoms with van der Waals surface area (Å²) in [5.74, 6) is -0.736. The van der Waals surface area contributed by atoms with E-state index in [1.165, 1.54) is 18.9 Å². The molecule has 0 amide bonds. The van der Waals surface area contributed by atoms with Crippen molar-refractivity contribution in [2.75, 3.05) is 0 Å². The number of phenolic OH excluding ortho intramolecular Hbond substituents is 3. The number of hydrogen-bond acceptors (Lipinski definition) is 4. The van der Waals surface area contributed by atoms with Crippen molar-refractivity contribution in [1.82, 2.24) is 0 Å². The minimum absolute atomic E-state index is 0. The molecule has 1 atom stereocenters. The second kappa shape index (κ2) is 5.47. The Morgan fingerprint density at radius 2 is 1.65 bits per heavy atom. The van der Waals surface area contributed by atoms with E-state index >= 15 is 0 Å². The van der Waals surface area contributed by atoms with Gasteiger partial charge >= 0.3 is 0 Å². The number of phenols is 3. The van der Waals surface area contributed by atoms with Crippen molar-refractivity contribution in [3.63, 3.8) is 0 Å². The smallest absolute Gasteiger partial charge is 0.200 e. The Morgan fingerprint density at radius 3 is 2.24 bits per heavy atom. The molecule has 96 valence electrons. The van der Waals surface area contributed by atoms with Crippen LogP contribution in [-0.2, 0) is 0 Å². The van der Waals surface area contributed by atoms with E-state index < -0.39 is 5.75 Å². The zero-order valence-electron chi connectivity index (χ0n) is 9.47. The normalized spacial score (nSPS) is 17.7. The van der Waals surface area contributed by atoms with E-state index in [1.807, 2.05) is 0 Å². The average Bonchev–Trinajstić information content (AvgIpc) is 2.79. The summed E-state index contributed by atoms with van der Waals surface area (Å²) >= 11 is 0. The van der Waals surface area contributed by atoms with Gasteiger partial charge in [-0.3, -0.25) is 0 Å². The molecule has 1 aliphatic carbocycles. The van der Waals surface area contributed by atoms with Crippen molar-refractivity contribution in [3.8, 4) is 17.2 Å². The van der Waals surface area contributed by atoms with E-state index in [-0.39, 0.29) is 29.9 Å². The van der Waals surface area contributed by atoms with Crippen molar-refractivity contribution in [2.24, 2.45) is 11.7 Å². The zero-order chi connectivity index (χ0) is 11.7. The summed E-state index contributed by atoms with van der Waals surface area (Å²) in [6.07, 6.45) is 4.46. The van der Waals surface area contributed by atoms with Gasteiger partial charge in [-0.05, 0) is 30.9 Å². The molecule has 1 fully saturated rings. The Bertz CT molecular complexity index is 392. The third-order valence-corrected chi connectivity index (χ3v) is 3.43. The molecule has 0 unspecified atom stereocenters. The van der Waals surface area contributed by atoms with Crippen molar-refractivity contribution >= 4 is 12.4 Å². The molecule has 4 nitrogen and oxygen atoms in total. The molecule has 5 heteroatoms. The van der Waals surface area contributed by atoms with E-state index in [2.05, 4.69) is 0 Å². The van der Waals surface area contributed by atoms with Gasteiger partial charge in [0, 0.05) is 11.6 Å². The highest BCUT2D eigenvalue weighted by molar-refractivity contribution is 5.85. The van der Waals surface area contributed by atoms with Gasteiger partial charge < -0.3 is 21.1 Å². The number of nitrogens with two attached hydrogens (primary N) is 1. The van der Waals surface area contributed by atoms with E-state index in [0.29, 0.717) is 11.5 Å². The van der Waals surface area contributed by atoms with E-state index in [4.69, 9.17) is 5.73 Å². The third-order valence-electron chi connectivity index (χ3n) is 3.43. The Kier molecular flexibility index (Phi) is 4.48. The maximum absolute atomic E-state index is 9.72. The van der Waals surface area contributed by atoms with Gasteiger partial charge in [-0.25, -0.2) is 0 Å². The number of rotatable bonds is 2. The fourth-order valence-corrected chi connectivity index (χ4v) is 2.42. The summed E-state index contributed by atoms with van der Waals surface area (Å²) in [4.78, 5) is 0. The average molecular weight is 260 g/mol. The first-order valence-electron chi connectivity index (χ1n) is 5.60. The first-order valence-corrected chi connectivity index (χ1v) is 5.60. The van der Waals surface area contributed by atoms with Crippen LogP contribution in [0.1, 0.15) is 37.3 Å². The molecular weight excluding hydrogens is 242 g/mol. The molecule has 0 spiro atoms. The molecule has 1 aliphatic rings. The lowest BCUT2D eigenvalue weighted by atomic mass is 9.91. The minimum Gasteiger partial charge on any atom is -0.504 e. The van der Waals surface area contributed by atoms with E-state index in [9.17, 15) is 15.3 Å². The molecule has 17 heavy (non-hydrogen) atoms. The summed E-state index contributed by atoms with van der Waals surface area (Å²) in [6.45, 7) is 0. The van der Waals surface area contributed by atoms with Crippen LogP contribution < -0.4 is 5.73 Å². The van der Waals surface area contributed by atoms with Gasteiger partial charge in [0.1, 0.15) is 0 Å². The Balaban J connectivity index is 0.00000144. The topological polar surface area (TPSA) is 86.7 Å². The molecular formula is C12H18ClNO3. The van der Waals surface area contributed by atoms with Crippen molar-refractivity contribution < 1.29 is 15.3 Å². The number of benzene rings is 1. The highest BCUT2D eigenvalue weighted by Gasteiger charge is 2.26. The predicted molar refractivity (Wildman–Crippen MR) is 67.6 cm³/mol. The highest BCUT2D eigenvalue weighted by atomic mass is 35.5. The molecule has 0 aliphatic heterocycles. The summed E-state index contributed by atoms with van der Waals surface area (Å²) in [7, 11) is 0. The molecule has 1 saturated carbocycles. The Labute approximate surface area is 106 Å². The molecule has 5 N–H and O–H groups in total. The number of hydrogen-bond donors (Lipinski definition) is 4. The maximum Gasteiger partial charge on any atom is 0.200 e. The number of halogens is 1. The van der Waals surface area contributed by atoms with Crippen LogP contribution in [-0.4, -0.2) is 15.3 Å². The van der Waals surface area contributed by atoms with Crippen LogP contribution in [0.25, 0.3) is 0 Å². The highest BCUT2D eigenvalue weighted by Crippen LogP contribution is 2.43. The first kappa shape index (κ1) is 13.9. The molecule has 0 saturated heterocycles. The van der Waals surface area contributed by atoms with Gasteiger partial charge in [-0.2, -0.15) is 0 Å².